The summed E-state index contributed by atoms with van der Waals surface area (Å²) in [6, 6.07) is 211. The van der Waals surface area contributed by atoms with E-state index in [1.807, 2.05) is 0 Å². The second-order valence-corrected chi connectivity index (χ2v) is 37.6. The summed E-state index contributed by atoms with van der Waals surface area (Å²) in [5.74, 6) is 0. The first-order valence-electron chi connectivity index (χ1n) is 50.2. The lowest BCUT2D eigenvalue weighted by Crippen LogP contribution is -2.12. The van der Waals surface area contributed by atoms with E-state index in [2.05, 4.69) is 602 Å². The predicted octanol–water partition coefficient (Wildman–Crippen LogP) is 40.5. The topological polar surface area (TPSA) is 13.0 Å². The first-order chi connectivity index (χ1) is 72.5. The molecule has 28 aromatic carbocycles. The average Bonchev–Trinajstić information content (AvgIpc) is 0.716. The van der Waals surface area contributed by atoms with Gasteiger partial charge in [0.25, 0.3) is 0 Å². The molecule has 0 aromatic heterocycles. The average molecular weight is 1860 g/mol. The molecule has 0 heterocycles. The molecule has 0 aliphatic rings. The fourth-order valence-electron chi connectivity index (χ4n) is 22.5. The monoisotopic (exact) mass is 1860 g/mol. The van der Waals surface area contributed by atoms with E-state index < -0.39 is 0 Å². The van der Waals surface area contributed by atoms with Gasteiger partial charge in [-0.2, -0.15) is 0 Å². The van der Waals surface area contributed by atoms with Gasteiger partial charge in [-0.15, -0.1) is 0 Å². The third-order valence-electron chi connectivity index (χ3n) is 29.1. The van der Waals surface area contributed by atoms with Gasteiger partial charge in [-0.05, 0) is 333 Å². The Labute approximate surface area is 849 Å². The molecule has 146 heavy (non-hydrogen) atoms. The minimum Gasteiger partial charge on any atom is -0.311 e. The van der Waals surface area contributed by atoms with Crippen molar-refractivity contribution in [2.45, 2.75) is 0 Å². The molecule has 0 aliphatic heterocycles. The van der Waals surface area contributed by atoms with Crippen LogP contribution >= 0.6 is 0 Å². The lowest BCUT2D eigenvalue weighted by molar-refractivity contribution is 1.28. The van der Waals surface area contributed by atoms with Crippen LogP contribution in [0.3, 0.4) is 0 Å². The smallest absolute Gasteiger partial charge is 0.0546 e. The van der Waals surface area contributed by atoms with Crippen molar-refractivity contribution in [2.75, 3.05) is 19.6 Å². The Morgan fingerprint density at radius 3 is 0.699 bits per heavy atom. The Morgan fingerprint density at radius 1 is 0.0959 bits per heavy atom. The Balaban J connectivity index is 0.000000112. The molecule has 684 valence electrons. The van der Waals surface area contributed by atoms with Gasteiger partial charge < -0.3 is 19.6 Å². The van der Waals surface area contributed by atoms with Crippen molar-refractivity contribution in [2.24, 2.45) is 0 Å². The fraction of sp³-hybridized carbons (Fsp3) is 0. The van der Waals surface area contributed by atoms with Crippen molar-refractivity contribution in [1.82, 2.24) is 0 Å². The largest absolute Gasteiger partial charge is 0.311 e. The molecule has 0 fully saturated rings. The maximum atomic E-state index is 2.43. The first kappa shape index (κ1) is 87.0. The second-order valence-electron chi connectivity index (χ2n) is 37.6. The van der Waals surface area contributed by atoms with Crippen molar-refractivity contribution < 1.29 is 0 Å². The van der Waals surface area contributed by atoms with E-state index in [0.717, 1.165) is 56.9 Å². The highest BCUT2D eigenvalue weighted by molar-refractivity contribution is 6.33. The van der Waals surface area contributed by atoms with Crippen molar-refractivity contribution in [3.63, 3.8) is 0 Å². The Morgan fingerprint density at radius 2 is 0.322 bits per heavy atom. The van der Waals surface area contributed by atoms with Crippen molar-refractivity contribution in [1.29, 1.82) is 0 Å². The van der Waals surface area contributed by atoms with Crippen LogP contribution in [0.1, 0.15) is 0 Å². The van der Waals surface area contributed by atoms with Crippen LogP contribution in [0.2, 0.25) is 0 Å². The summed E-state index contributed by atoms with van der Waals surface area (Å²) in [6.07, 6.45) is 0. The molecule has 0 aliphatic carbocycles. The van der Waals surface area contributed by atoms with Gasteiger partial charge in [-0.3, -0.25) is 0 Å². The molecular formula is C142H96N4. The van der Waals surface area contributed by atoms with Gasteiger partial charge in [0.1, 0.15) is 0 Å². The van der Waals surface area contributed by atoms with Gasteiger partial charge in [-0.25, -0.2) is 0 Å². The third kappa shape index (κ3) is 16.1. The molecule has 0 amide bonds. The Hall–Kier alpha value is -19.3. The summed E-state index contributed by atoms with van der Waals surface area (Å²) in [7, 11) is 0. The van der Waals surface area contributed by atoms with Gasteiger partial charge >= 0.3 is 0 Å². The van der Waals surface area contributed by atoms with Crippen LogP contribution in [-0.4, -0.2) is 0 Å². The van der Waals surface area contributed by atoms with Gasteiger partial charge in [0.2, 0.25) is 0 Å². The normalized spacial score (nSPS) is 11.4. The van der Waals surface area contributed by atoms with E-state index in [1.54, 1.807) is 0 Å². The SMILES string of the molecule is c1ccc(-c2ccc(-c3ccccc3-c3cc4cccc5c(-c6cc7ccccc7cc6-c6ccccc6)cc6cccc3c6c45)cc2)cc1.c1ccc(N(c2ccccc2)c2cc3cccc4c(N(c5ccccc5)c5ccccc5)cc5cccc2c5c34)cc1.c1ccc(N(c2ccccc2)c2ccc(-c3ccc4ccc5c(-c6ccc(N(c7ccccc7)c7ccccc7)cc6)ccc6ccc3c4c65)cc2)cc1. The lowest BCUT2D eigenvalue weighted by atomic mass is 9.83. The number of anilines is 12. The molecule has 28 aromatic rings. The van der Waals surface area contributed by atoms with Crippen LogP contribution in [0.25, 0.3) is 186 Å². The maximum absolute atomic E-state index is 2.43. The molecule has 4 nitrogen and oxygen atoms in total. The summed E-state index contributed by atoms with van der Waals surface area (Å²) in [6.45, 7) is 0. The van der Waals surface area contributed by atoms with Crippen LogP contribution < -0.4 is 19.6 Å². The molecule has 0 bridgehead atoms. The summed E-state index contributed by atoms with van der Waals surface area (Å²) in [4.78, 5) is 9.38. The minimum absolute atomic E-state index is 1.13. The lowest BCUT2D eigenvalue weighted by Gasteiger charge is -2.30. The van der Waals surface area contributed by atoms with Crippen LogP contribution in [0.15, 0.2) is 582 Å². The minimum atomic E-state index is 1.13. The summed E-state index contributed by atoms with van der Waals surface area (Å²) < 4.78 is 0. The van der Waals surface area contributed by atoms with Crippen LogP contribution in [0, 0.1) is 0 Å². The van der Waals surface area contributed by atoms with E-state index in [-0.39, 0.29) is 0 Å². The highest BCUT2D eigenvalue weighted by Gasteiger charge is 2.27. The van der Waals surface area contributed by atoms with Gasteiger partial charge in [0, 0.05) is 67.6 Å². The zero-order valence-electron chi connectivity index (χ0n) is 80.2. The van der Waals surface area contributed by atoms with Gasteiger partial charge in [-0.1, -0.05) is 425 Å². The van der Waals surface area contributed by atoms with Crippen LogP contribution in [0.4, 0.5) is 68.2 Å². The number of para-hydroxylation sites is 8. The molecule has 0 radical (unpaired) electrons. The molecule has 0 atom stereocenters. The maximum Gasteiger partial charge on any atom is 0.0546 e. The molecule has 0 unspecified atom stereocenters. The molecule has 28 rings (SSSR count). The number of rotatable bonds is 19. The van der Waals surface area contributed by atoms with E-state index in [0.29, 0.717) is 0 Å². The Kier molecular flexibility index (Phi) is 22.7. The quantitative estimate of drug-likeness (QED) is 0.0748. The molecule has 4 heteroatoms. The number of fused-ring (bicyclic) bond motifs is 1. The van der Waals surface area contributed by atoms with Gasteiger partial charge in [0.15, 0.2) is 0 Å². The zero-order chi connectivity index (χ0) is 96.7. The zero-order valence-corrected chi connectivity index (χ0v) is 80.2. The highest BCUT2D eigenvalue weighted by atomic mass is 15.2. The molecule has 0 spiro atoms. The summed E-state index contributed by atoms with van der Waals surface area (Å²) in [5.41, 5.74) is 31.0. The Bertz CT molecular complexity index is 9020. The fourth-order valence-corrected chi connectivity index (χ4v) is 22.5. The van der Waals surface area contributed by atoms with E-state index in [4.69, 9.17) is 0 Å². The third-order valence-corrected chi connectivity index (χ3v) is 29.1. The molecule has 0 saturated carbocycles. The highest BCUT2D eigenvalue weighted by Crippen LogP contribution is 2.54. The van der Waals surface area contributed by atoms with Crippen LogP contribution in [-0.2, 0) is 0 Å². The van der Waals surface area contributed by atoms with Crippen molar-refractivity contribution in [3.05, 3.63) is 582 Å². The standard InChI is InChI=1S/C52H36N2.C50H32.C40H28N2/c1-5-13-41(14-6-1)53(42-15-7-2-8-16-42)45-29-21-37(22-30-45)47-33-25-39-28-36-50-48(34-26-40-27-35-49(47)51(39)52(40)50)38-23-31-46(32-24-38)54(43-17-9-3-10-18-43)44-19-11-4-12-20-44;1-3-13-33(14-4-1)34-25-27-36(28-26-34)41-21-9-10-22-42(41)46-31-39-19-12-24-44-47(32-40-20-11-23-43(46)49(40)50(39)44)48-30-38-18-8-7-17-37(38)29-45(48)35-15-5-2-6-16-35;1-5-17-31(18-6-1)41(32-19-7-2-8-20-32)37-27-29-15-14-26-36-38(28-30-16-13-25-35(37)39(30)40(29)36)42(33-21-9-3-10-22-33)34-23-11-4-12-24-34/h1-36H;1-32H;1-28H. The summed E-state index contributed by atoms with van der Waals surface area (Å²) >= 11 is 0. The van der Waals surface area contributed by atoms with E-state index in [1.165, 1.54) is 197 Å². The number of benzene rings is 28. The number of hydrogen-bond acceptors (Lipinski definition) is 4. The second kappa shape index (κ2) is 38.1. The van der Waals surface area contributed by atoms with Crippen molar-refractivity contribution >= 4 is 176 Å². The van der Waals surface area contributed by atoms with Crippen LogP contribution in [0.5, 0.6) is 0 Å². The first-order valence-corrected chi connectivity index (χ1v) is 50.2. The van der Waals surface area contributed by atoms with Crippen molar-refractivity contribution in [3.8, 4) is 77.9 Å². The predicted molar refractivity (Wildman–Crippen MR) is 625 cm³/mol. The molecule has 0 saturated heterocycles. The number of hydrogen-bond donors (Lipinski definition) is 0. The van der Waals surface area contributed by atoms with E-state index in [9.17, 15) is 0 Å². The molecule has 0 N–H and O–H groups in total. The van der Waals surface area contributed by atoms with Gasteiger partial charge in [0.05, 0.1) is 11.4 Å². The summed E-state index contributed by atoms with van der Waals surface area (Å²) in [5, 5.41) is 25.5. The van der Waals surface area contributed by atoms with E-state index >= 15 is 0 Å². The number of nitrogens with zero attached hydrogens (tertiary/aromatic N) is 4. The molecular weight excluding hydrogens is 1760 g/mol.